The molecule has 1 aliphatic rings. The average Bonchev–Trinajstić information content (AvgIpc) is 2.73. The molecule has 1 fully saturated rings. The Morgan fingerprint density at radius 2 is 2.00 bits per heavy atom. The normalized spacial score (nSPS) is 19.4. The van der Waals surface area contributed by atoms with Crippen LogP contribution < -0.4 is 21.3 Å². The minimum absolute atomic E-state index is 0.0448. The van der Waals surface area contributed by atoms with Gasteiger partial charge in [0.2, 0.25) is 10.0 Å². The topological polar surface area (TPSA) is 162 Å². The number of aromatic nitrogens is 1. The largest absolute Gasteiger partial charge is 0.383 e. The van der Waals surface area contributed by atoms with Crippen molar-refractivity contribution < 1.29 is 13.2 Å². The minimum Gasteiger partial charge on any atom is -0.383 e. The molecule has 11 heteroatoms. The van der Waals surface area contributed by atoms with Crippen LogP contribution in [0.2, 0.25) is 0 Å². The molecule has 34 heavy (non-hydrogen) atoms. The molecule has 1 saturated heterocycles. The second-order valence-electron chi connectivity index (χ2n) is 9.34. The van der Waals surface area contributed by atoms with Crippen LogP contribution in [0.1, 0.15) is 45.6 Å². The van der Waals surface area contributed by atoms with Crippen LogP contribution in [-0.2, 0) is 14.8 Å². The van der Waals surface area contributed by atoms with Gasteiger partial charge in [-0.05, 0) is 63.9 Å². The van der Waals surface area contributed by atoms with E-state index in [1.54, 1.807) is 26.8 Å². The van der Waals surface area contributed by atoms with E-state index in [1.807, 2.05) is 0 Å². The second kappa shape index (κ2) is 9.97. The predicted molar refractivity (Wildman–Crippen MR) is 131 cm³/mol. The third kappa shape index (κ3) is 6.22. The lowest BCUT2D eigenvalue weighted by molar-refractivity contribution is 0.0486. The summed E-state index contributed by atoms with van der Waals surface area (Å²) in [7, 11) is -3.69. The summed E-state index contributed by atoms with van der Waals surface area (Å²) >= 11 is 0. The molecule has 0 bridgehead atoms. The predicted octanol–water partition coefficient (Wildman–Crippen LogP) is 2.36. The number of hydrogen-bond donors (Lipinski definition) is 4. The van der Waals surface area contributed by atoms with Crippen LogP contribution >= 0.6 is 0 Å². The summed E-state index contributed by atoms with van der Waals surface area (Å²) in [6.45, 7) is 6.23. The summed E-state index contributed by atoms with van der Waals surface area (Å²) in [6, 6.07) is 9.74. The standard InChI is InChI=1S/C23H30N6O4S/c1-22(2,3)29-34(31,32)17-7-5-16(6-8-17)27-20(25)19-18(9-13-26-21(19)30)28-23(11-12-24)10-4-14-33-15-23/h5-9,13,29H,4,10-11,14-15H2,1-3H3,(H2,25,27)(H2,26,28,30)/t23-/m0/s1. The Hall–Kier alpha value is -3.20. The van der Waals surface area contributed by atoms with Crippen molar-refractivity contribution >= 4 is 27.2 Å². The first-order valence-corrected chi connectivity index (χ1v) is 12.4. The number of ether oxygens (including phenoxy) is 1. The Morgan fingerprint density at radius 1 is 1.29 bits per heavy atom. The fourth-order valence-corrected chi connectivity index (χ4v) is 5.18. The molecule has 0 aliphatic carbocycles. The van der Waals surface area contributed by atoms with E-state index in [4.69, 9.17) is 10.5 Å². The summed E-state index contributed by atoms with van der Waals surface area (Å²) in [5.41, 5.74) is 5.49. The smallest absolute Gasteiger partial charge is 0.261 e. The van der Waals surface area contributed by atoms with Crippen molar-refractivity contribution in [3.63, 3.8) is 0 Å². The first kappa shape index (κ1) is 25.4. The van der Waals surface area contributed by atoms with Gasteiger partial charge in [-0.1, -0.05) is 0 Å². The molecule has 0 unspecified atom stereocenters. The molecular weight excluding hydrogens is 456 g/mol. The summed E-state index contributed by atoms with van der Waals surface area (Å²) in [5.74, 6) is -0.0448. The highest BCUT2D eigenvalue weighted by Gasteiger charge is 2.34. The number of sulfonamides is 1. The summed E-state index contributed by atoms with van der Waals surface area (Å²) < 4.78 is 33.2. The molecule has 0 saturated carbocycles. The first-order valence-electron chi connectivity index (χ1n) is 10.9. The van der Waals surface area contributed by atoms with Gasteiger partial charge in [0.15, 0.2) is 0 Å². The van der Waals surface area contributed by atoms with E-state index in [1.165, 1.54) is 30.5 Å². The number of nitriles is 1. The van der Waals surface area contributed by atoms with Crippen molar-refractivity contribution in [2.24, 2.45) is 10.7 Å². The van der Waals surface area contributed by atoms with Crippen molar-refractivity contribution in [2.45, 2.75) is 56.0 Å². The van der Waals surface area contributed by atoms with E-state index in [9.17, 15) is 18.5 Å². The maximum Gasteiger partial charge on any atom is 0.261 e. The number of amidine groups is 1. The number of benzene rings is 1. The number of aromatic amines is 1. The molecular formula is C23H30N6O4S. The van der Waals surface area contributed by atoms with Gasteiger partial charge in [0.25, 0.3) is 5.56 Å². The van der Waals surface area contributed by atoms with Crippen LogP contribution in [0.25, 0.3) is 0 Å². The Morgan fingerprint density at radius 3 is 2.59 bits per heavy atom. The lowest BCUT2D eigenvalue weighted by Gasteiger charge is -2.37. The van der Waals surface area contributed by atoms with E-state index < -0.39 is 26.7 Å². The number of nitrogens with one attached hydrogen (secondary N) is 3. The maximum atomic E-state index is 12.7. The van der Waals surface area contributed by atoms with Crippen molar-refractivity contribution in [2.75, 3.05) is 18.5 Å². The number of aliphatic imine (C=N–C) groups is 1. The lowest BCUT2D eigenvalue weighted by Crippen LogP contribution is -2.46. The van der Waals surface area contributed by atoms with E-state index in [-0.39, 0.29) is 22.7 Å². The van der Waals surface area contributed by atoms with Gasteiger partial charge in [0.05, 0.1) is 40.9 Å². The second-order valence-corrected chi connectivity index (χ2v) is 11.0. The van der Waals surface area contributed by atoms with Crippen LogP contribution in [0.5, 0.6) is 0 Å². The molecule has 0 spiro atoms. The monoisotopic (exact) mass is 486 g/mol. The van der Waals surface area contributed by atoms with Crippen molar-refractivity contribution in [1.82, 2.24) is 9.71 Å². The van der Waals surface area contributed by atoms with E-state index in [0.717, 1.165) is 6.42 Å². The van der Waals surface area contributed by atoms with Gasteiger partial charge >= 0.3 is 0 Å². The third-order valence-corrected chi connectivity index (χ3v) is 6.97. The molecule has 2 heterocycles. The Bertz CT molecular complexity index is 1250. The molecule has 1 aromatic carbocycles. The number of hydrogen-bond acceptors (Lipinski definition) is 7. The number of H-pyrrole nitrogens is 1. The van der Waals surface area contributed by atoms with Gasteiger partial charge in [-0.3, -0.25) is 4.79 Å². The molecule has 3 rings (SSSR count). The highest BCUT2D eigenvalue weighted by molar-refractivity contribution is 7.89. The Balaban J connectivity index is 1.92. The van der Waals surface area contributed by atoms with E-state index in [2.05, 4.69) is 26.1 Å². The first-order chi connectivity index (χ1) is 15.9. The molecule has 0 amide bonds. The SMILES string of the molecule is CC(C)(C)NS(=O)(=O)c1ccc(N=C(N)c2c(N[C@]3(CC#N)CCCOC3)cc[nH]c2=O)cc1. The zero-order valence-electron chi connectivity index (χ0n) is 19.5. The maximum absolute atomic E-state index is 12.7. The van der Waals surface area contributed by atoms with Crippen LogP contribution in [-0.4, -0.2) is 43.5 Å². The van der Waals surface area contributed by atoms with Crippen molar-refractivity contribution in [3.05, 3.63) is 52.4 Å². The van der Waals surface area contributed by atoms with Crippen molar-refractivity contribution in [1.29, 1.82) is 5.26 Å². The fraction of sp³-hybridized carbons (Fsp3) is 0.435. The molecule has 2 aromatic rings. The van der Waals surface area contributed by atoms with Crippen LogP contribution in [0.3, 0.4) is 0 Å². The Kier molecular flexibility index (Phi) is 7.45. The zero-order valence-corrected chi connectivity index (χ0v) is 20.3. The Labute approximate surface area is 199 Å². The zero-order chi connectivity index (χ0) is 25.0. The van der Waals surface area contributed by atoms with Gasteiger partial charge in [0, 0.05) is 18.3 Å². The number of anilines is 1. The molecule has 5 N–H and O–H groups in total. The van der Waals surface area contributed by atoms with Gasteiger partial charge in [0.1, 0.15) is 11.4 Å². The molecule has 182 valence electrons. The summed E-state index contributed by atoms with van der Waals surface area (Å²) in [4.78, 5) is 19.7. The average molecular weight is 487 g/mol. The lowest BCUT2D eigenvalue weighted by atomic mass is 9.88. The van der Waals surface area contributed by atoms with E-state index in [0.29, 0.717) is 31.0 Å². The fourth-order valence-electron chi connectivity index (χ4n) is 3.77. The van der Waals surface area contributed by atoms with Crippen LogP contribution in [0.15, 0.2) is 51.2 Å². The molecule has 0 radical (unpaired) electrons. The highest BCUT2D eigenvalue weighted by atomic mass is 32.2. The molecule has 1 aliphatic heterocycles. The number of nitrogens with zero attached hydrogens (tertiary/aromatic N) is 2. The van der Waals surface area contributed by atoms with Crippen LogP contribution in [0, 0.1) is 11.3 Å². The molecule has 1 atom stereocenters. The summed E-state index contributed by atoms with van der Waals surface area (Å²) in [6.07, 6.45) is 3.19. The van der Waals surface area contributed by atoms with Gasteiger partial charge in [-0.2, -0.15) is 5.26 Å². The van der Waals surface area contributed by atoms with Crippen molar-refractivity contribution in [3.8, 4) is 6.07 Å². The highest BCUT2D eigenvalue weighted by Crippen LogP contribution is 2.28. The molecule has 1 aromatic heterocycles. The third-order valence-electron chi connectivity index (χ3n) is 5.19. The van der Waals surface area contributed by atoms with Gasteiger partial charge in [-0.15, -0.1) is 0 Å². The minimum atomic E-state index is -3.69. The van der Waals surface area contributed by atoms with Crippen LogP contribution in [0.4, 0.5) is 11.4 Å². The number of nitrogens with two attached hydrogens (primary N) is 1. The number of rotatable bonds is 7. The van der Waals surface area contributed by atoms with Gasteiger partial charge < -0.3 is 20.8 Å². The summed E-state index contributed by atoms with van der Waals surface area (Å²) in [5, 5.41) is 12.6. The van der Waals surface area contributed by atoms with Gasteiger partial charge in [-0.25, -0.2) is 18.1 Å². The number of pyridine rings is 1. The van der Waals surface area contributed by atoms with E-state index >= 15 is 0 Å². The quantitative estimate of drug-likeness (QED) is 0.345. The molecule has 10 nitrogen and oxygen atoms in total.